The number of carbonyl (C=O) groups is 1. The molecule has 1 rings (SSSR count). The number of thiazole rings is 1. The lowest BCUT2D eigenvalue weighted by Crippen LogP contribution is -2.08. The molecule has 0 atom stereocenters. The molecule has 0 unspecified atom stereocenters. The number of aromatic nitrogens is 1. The van der Waals surface area contributed by atoms with Gasteiger partial charge in [-0.05, 0) is 13.3 Å². The summed E-state index contributed by atoms with van der Waals surface area (Å²) in [6.07, 6.45) is 1.24. The van der Waals surface area contributed by atoms with Gasteiger partial charge in [0.15, 0.2) is 0 Å². The van der Waals surface area contributed by atoms with Crippen molar-refractivity contribution in [3.05, 3.63) is 16.1 Å². The van der Waals surface area contributed by atoms with E-state index in [1.165, 1.54) is 4.88 Å². The molecule has 0 N–H and O–H groups in total. The summed E-state index contributed by atoms with van der Waals surface area (Å²) in [5.41, 5.74) is 2.64. The van der Waals surface area contributed by atoms with Gasteiger partial charge in [-0.1, -0.05) is 6.92 Å². The molecular weight excluding hydrogens is 186 g/mol. The maximum atomic E-state index is 11.1. The summed E-state index contributed by atoms with van der Waals surface area (Å²) in [7, 11) is 0. The first-order chi connectivity index (χ1) is 6.27. The first kappa shape index (κ1) is 10.2. The van der Waals surface area contributed by atoms with E-state index >= 15 is 0 Å². The van der Waals surface area contributed by atoms with Gasteiger partial charge in [0.25, 0.3) is 0 Å². The van der Waals surface area contributed by atoms with Crippen molar-refractivity contribution in [1.82, 2.24) is 4.98 Å². The van der Waals surface area contributed by atoms with Crippen molar-refractivity contribution in [1.29, 1.82) is 0 Å². The maximum absolute atomic E-state index is 11.1. The maximum Gasteiger partial charge on any atom is 0.311 e. The van der Waals surface area contributed by atoms with E-state index in [0.717, 1.165) is 12.1 Å². The topological polar surface area (TPSA) is 39.2 Å². The molecule has 1 aromatic heterocycles. The molecule has 0 aliphatic heterocycles. The highest BCUT2D eigenvalue weighted by Gasteiger charge is 2.09. The van der Waals surface area contributed by atoms with E-state index in [2.05, 4.69) is 11.9 Å². The van der Waals surface area contributed by atoms with Crippen LogP contribution in [0.4, 0.5) is 0 Å². The molecule has 0 radical (unpaired) electrons. The van der Waals surface area contributed by atoms with Crippen molar-refractivity contribution in [3.63, 3.8) is 0 Å². The lowest BCUT2D eigenvalue weighted by atomic mass is 10.2. The van der Waals surface area contributed by atoms with Crippen molar-refractivity contribution < 1.29 is 9.53 Å². The number of nitrogens with zero attached hydrogens (tertiary/aromatic N) is 1. The predicted molar refractivity (Wildman–Crippen MR) is 51.8 cm³/mol. The number of esters is 1. The molecule has 13 heavy (non-hydrogen) atoms. The third-order valence-corrected chi connectivity index (χ3v) is 2.68. The van der Waals surface area contributed by atoms with Crippen molar-refractivity contribution in [2.45, 2.75) is 26.7 Å². The number of rotatable bonds is 4. The summed E-state index contributed by atoms with van der Waals surface area (Å²) < 4.78 is 4.84. The van der Waals surface area contributed by atoms with Crippen LogP contribution in [0.3, 0.4) is 0 Å². The van der Waals surface area contributed by atoms with Crippen LogP contribution in [-0.2, 0) is 22.4 Å². The van der Waals surface area contributed by atoms with Crippen LogP contribution in [0, 0.1) is 0 Å². The van der Waals surface area contributed by atoms with Crippen LogP contribution in [0.25, 0.3) is 0 Å². The first-order valence-corrected chi connectivity index (χ1v) is 5.22. The Morgan fingerprint density at radius 2 is 2.38 bits per heavy atom. The van der Waals surface area contributed by atoms with Gasteiger partial charge in [0.05, 0.1) is 24.2 Å². The fourth-order valence-electron chi connectivity index (χ4n) is 1.07. The van der Waals surface area contributed by atoms with Gasteiger partial charge in [0.1, 0.15) is 0 Å². The van der Waals surface area contributed by atoms with E-state index in [4.69, 9.17) is 4.74 Å². The van der Waals surface area contributed by atoms with Gasteiger partial charge >= 0.3 is 5.97 Å². The number of hydrogen-bond acceptors (Lipinski definition) is 4. The van der Waals surface area contributed by atoms with Gasteiger partial charge in [-0.15, -0.1) is 11.3 Å². The molecule has 0 aliphatic carbocycles. The molecule has 0 aliphatic rings. The zero-order chi connectivity index (χ0) is 9.68. The van der Waals surface area contributed by atoms with Gasteiger partial charge in [0, 0.05) is 4.88 Å². The Hall–Kier alpha value is -0.900. The molecule has 0 spiro atoms. The molecule has 0 saturated carbocycles. The van der Waals surface area contributed by atoms with E-state index < -0.39 is 0 Å². The molecule has 0 amide bonds. The summed E-state index contributed by atoms with van der Waals surface area (Å²) in [6.45, 7) is 4.30. The first-order valence-electron chi connectivity index (χ1n) is 4.34. The lowest BCUT2D eigenvalue weighted by Gasteiger charge is -2.00. The summed E-state index contributed by atoms with van der Waals surface area (Å²) in [5.74, 6) is -0.192. The number of carbonyl (C=O) groups excluding carboxylic acids is 1. The van der Waals surface area contributed by atoms with E-state index in [-0.39, 0.29) is 5.97 Å². The average molecular weight is 199 g/mol. The fraction of sp³-hybridized carbons (Fsp3) is 0.556. The average Bonchev–Trinajstić information content (AvgIpc) is 2.52. The molecule has 0 saturated heterocycles. The molecule has 1 aromatic rings. The molecule has 0 aromatic carbocycles. The van der Waals surface area contributed by atoms with Gasteiger partial charge < -0.3 is 4.74 Å². The van der Waals surface area contributed by atoms with Crippen LogP contribution >= 0.6 is 11.3 Å². The zero-order valence-corrected chi connectivity index (χ0v) is 8.69. The summed E-state index contributed by atoms with van der Waals surface area (Å²) in [6, 6.07) is 0. The molecule has 3 nitrogen and oxygen atoms in total. The Morgan fingerprint density at radius 3 is 3.00 bits per heavy atom. The molecule has 1 heterocycles. The van der Waals surface area contributed by atoms with Crippen molar-refractivity contribution >= 4 is 17.3 Å². The normalized spacial score (nSPS) is 10.0. The van der Waals surface area contributed by atoms with E-state index in [1.54, 1.807) is 23.8 Å². The molecule has 4 heteroatoms. The summed E-state index contributed by atoms with van der Waals surface area (Å²) in [5, 5.41) is 0. The van der Waals surface area contributed by atoms with E-state index in [1.807, 2.05) is 0 Å². The largest absolute Gasteiger partial charge is 0.466 e. The number of aryl methyl sites for hydroxylation is 1. The van der Waals surface area contributed by atoms with Gasteiger partial charge in [0.2, 0.25) is 0 Å². The van der Waals surface area contributed by atoms with Crippen LogP contribution < -0.4 is 0 Å². The van der Waals surface area contributed by atoms with Crippen molar-refractivity contribution in [2.75, 3.05) is 6.61 Å². The number of ether oxygens (including phenoxy) is 1. The highest BCUT2D eigenvalue weighted by molar-refractivity contribution is 7.09. The highest BCUT2D eigenvalue weighted by Crippen LogP contribution is 2.14. The minimum atomic E-state index is -0.192. The van der Waals surface area contributed by atoms with Gasteiger partial charge in [-0.2, -0.15) is 0 Å². The highest BCUT2D eigenvalue weighted by atomic mass is 32.1. The Labute approximate surface area is 81.8 Å². The second-order valence-corrected chi connectivity index (χ2v) is 3.50. The molecule has 0 fully saturated rings. The minimum Gasteiger partial charge on any atom is -0.466 e. The van der Waals surface area contributed by atoms with Crippen LogP contribution in [0.15, 0.2) is 5.51 Å². The van der Waals surface area contributed by atoms with Crippen LogP contribution in [-0.4, -0.2) is 17.6 Å². The van der Waals surface area contributed by atoms with Crippen molar-refractivity contribution in [3.8, 4) is 0 Å². The minimum absolute atomic E-state index is 0.192. The quantitative estimate of drug-likeness (QED) is 0.694. The SMILES string of the molecule is CCOC(=O)Cc1ncsc1CC. The van der Waals surface area contributed by atoms with Gasteiger partial charge in [-0.25, -0.2) is 4.98 Å². The second-order valence-electron chi connectivity index (χ2n) is 2.56. The summed E-state index contributed by atoms with van der Waals surface area (Å²) in [4.78, 5) is 16.4. The molecule has 0 bridgehead atoms. The Balaban J connectivity index is 2.57. The Bertz CT molecular complexity index is 283. The summed E-state index contributed by atoms with van der Waals surface area (Å²) >= 11 is 1.59. The predicted octanol–water partition coefficient (Wildman–Crippen LogP) is 1.81. The Morgan fingerprint density at radius 1 is 1.62 bits per heavy atom. The standard InChI is InChI=1S/C9H13NO2S/c1-3-8-7(10-6-13-8)5-9(11)12-4-2/h6H,3-5H2,1-2H3. The van der Waals surface area contributed by atoms with E-state index in [9.17, 15) is 4.79 Å². The lowest BCUT2D eigenvalue weighted by molar-refractivity contribution is -0.142. The number of hydrogen-bond donors (Lipinski definition) is 0. The smallest absolute Gasteiger partial charge is 0.311 e. The second kappa shape index (κ2) is 4.97. The van der Waals surface area contributed by atoms with Crippen molar-refractivity contribution in [2.24, 2.45) is 0 Å². The molecule has 72 valence electrons. The van der Waals surface area contributed by atoms with Gasteiger partial charge in [-0.3, -0.25) is 4.79 Å². The monoisotopic (exact) mass is 199 g/mol. The third-order valence-electron chi connectivity index (χ3n) is 1.66. The van der Waals surface area contributed by atoms with Crippen LogP contribution in [0.1, 0.15) is 24.4 Å². The van der Waals surface area contributed by atoms with E-state index in [0.29, 0.717) is 13.0 Å². The zero-order valence-electron chi connectivity index (χ0n) is 7.87. The van der Waals surface area contributed by atoms with Crippen LogP contribution in [0.2, 0.25) is 0 Å². The Kier molecular flexibility index (Phi) is 3.89. The molecular formula is C9H13NO2S. The van der Waals surface area contributed by atoms with Crippen LogP contribution in [0.5, 0.6) is 0 Å². The fourth-order valence-corrected chi connectivity index (χ4v) is 1.81. The third kappa shape index (κ3) is 2.81.